The highest BCUT2D eigenvalue weighted by atomic mass is 32.1. The van der Waals surface area contributed by atoms with Crippen LogP contribution in [0.3, 0.4) is 0 Å². The number of thiophene rings is 1. The zero-order chi connectivity index (χ0) is 18.3. The number of hydrogen-bond acceptors (Lipinski definition) is 5. The molecule has 0 bridgehead atoms. The molecule has 0 aliphatic carbocycles. The van der Waals surface area contributed by atoms with E-state index < -0.39 is 0 Å². The summed E-state index contributed by atoms with van der Waals surface area (Å²) in [4.78, 5) is 26.8. The normalized spacial score (nSPS) is 22.3. The fourth-order valence-electron chi connectivity index (χ4n) is 4.66. The number of nitrogens with one attached hydrogen (secondary N) is 1. The molecule has 6 nitrogen and oxygen atoms in total. The van der Waals surface area contributed by atoms with Gasteiger partial charge in [0.15, 0.2) is 0 Å². The molecule has 0 unspecified atom stereocenters. The molecule has 144 valence electrons. The van der Waals surface area contributed by atoms with Gasteiger partial charge in [-0.2, -0.15) is 0 Å². The molecule has 0 atom stereocenters. The maximum absolute atomic E-state index is 12.8. The molecule has 1 spiro atoms. The Bertz CT molecular complexity index is 802. The van der Waals surface area contributed by atoms with E-state index in [4.69, 9.17) is 4.74 Å². The van der Waals surface area contributed by atoms with Crippen molar-refractivity contribution >= 4 is 17.2 Å². The van der Waals surface area contributed by atoms with Crippen molar-refractivity contribution in [2.45, 2.75) is 44.2 Å². The number of imidazole rings is 1. The SMILES string of the molecule is O=C(c1cc2c(s1)C1(CCN(Cc3cnc[nH]3)CC1)OCC2)N1CCCC1. The molecule has 0 saturated carbocycles. The summed E-state index contributed by atoms with van der Waals surface area (Å²) in [5.74, 6) is 0.221. The average molecular weight is 387 g/mol. The summed E-state index contributed by atoms with van der Waals surface area (Å²) in [6.07, 6.45) is 8.82. The number of fused-ring (bicyclic) bond motifs is 2. The van der Waals surface area contributed by atoms with E-state index in [2.05, 4.69) is 20.9 Å². The van der Waals surface area contributed by atoms with Crippen molar-refractivity contribution in [1.29, 1.82) is 0 Å². The van der Waals surface area contributed by atoms with E-state index in [-0.39, 0.29) is 11.5 Å². The van der Waals surface area contributed by atoms with E-state index in [1.807, 2.05) is 11.1 Å². The minimum Gasteiger partial charge on any atom is -0.369 e. The van der Waals surface area contributed by atoms with Gasteiger partial charge in [0.25, 0.3) is 5.91 Å². The van der Waals surface area contributed by atoms with Crippen molar-refractivity contribution in [3.05, 3.63) is 39.6 Å². The lowest BCUT2D eigenvalue weighted by atomic mass is 9.85. The van der Waals surface area contributed by atoms with Gasteiger partial charge in [-0.15, -0.1) is 11.3 Å². The van der Waals surface area contributed by atoms with Crippen LogP contribution in [-0.4, -0.2) is 58.5 Å². The Morgan fingerprint density at radius 3 is 2.81 bits per heavy atom. The maximum Gasteiger partial charge on any atom is 0.263 e. The van der Waals surface area contributed by atoms with E-state index in [0.29, 0.717) is 0 Å². The van der Waals surface area contributed by atoms with E-state index >= 15 is 0 Å². The Labute approximate surface area is 163 Å². The molecule has 7 heteroatoms. The second-order valence-electron chi connectivity index (χ2n) is 7.91. The summed E-state index contributed by atoms with van der Waals surface area (Å²) in [5.41, 5.74) is 2.31. The van der Waals surface area contributed by atoms with Crippen LogP contribution < -0.4 is 0 Å². The fourth-order valence-corrected chi connectivity index (χ4v) is 6.04. The third-order valence-corrected chi connectivity index (χ3v) is 7.54. The Kier molecular flexibility index (Phi) is 4.53. The fraction of sp³-hybridized carbons (Fsp3) is 0.600. The van der Waals surface area contributed by atoms with Gasteiger partial charge < -0.3 is 14.6 Å². The van der Waals surface area contributed by atoms with E-state index in [1.54, 1.807) is 17.7 Å². The predicted octanol–water partition coefficient (Wildman–Crippen LogP) is 2.77. The van der Waals surface area contributed by atoms with Crippen LogP contribution in [0.5, 0.6) is 0 Å². The molecule has 5 heterocycles. The number of H-pyrrole nitrogens is 1. The van der Waals surface area contributed by atoms with Crippen molar-refractivity contribution in [2.24, 2.45) is 0 Å². The number of hydrogen-bond donors (Lipinski definition) is 1. The number of nitrogens with zero attached hydrogens (tertiary/aromatic N) is 3. The summed E-state index contributed by atoms with van der Waals surface area (Å²) in [6, 6.07) is 2.15. The first-order valence-electron chi connectivity index (χ1n) is 10.00. The van der Waals surface area contributed by atoms with Crippen LogP contribution in [-0.2, 0) is 23.3 Å². The second kappa shape index (κ2) is 7.04. The Morgan fingerprint density at radius 1 is 1.26 bits per heavy atom. The van der Waals surface area contributed by atoms with Crippen LogP contribution in [0.25, 0.3) is 0 Å². The molecule has 2 aromatic rings. The number of ether oxygens (including phenoxy) is 1. The van der Waals surface area contributed by atoms with E-state index in [0.717, 1.165) is 82.0 Å². The summed E-state index contributed by atoms with van der Waals surface area (Å²) in [6.45, 7) is 5.50. The number of carbonyl (C=O) groups excluding carboxylic acids is 1. The predicted molar refractivity (Wildman–Crippen MR) is 104 cm³/mol. The van der Waals surface area contributed by atoms with Gasteiger partial charge in [0.05, 0.1) is 17.8 Å². The monoisotopic (exact) mass is 386 g/mol. The topological polar surface area (TPSA) is 61.5 Å². The average Bonchev–Trinajstić information content (AvgIpc) is 3.45. The molecule has 1 amide bonds. The van der Waals surface area contributed by atoms with Crippen LogP contribution in [0.2, 0.25) is 0 Å². The van der Waals surface area contributed by atoms with Crippen molar-refractivity contribution in [3.63, 3.8) is 0 Å². The number of carbonyl (C=O) groups is 1. The maximum atomic E-state index is 12.8. The minimum absolute atomic E-state index is 0.188. The zero-order valence-electron chi connectivity index (χ0n) is 15.6. The van der Waals surface area contributed by atoms with Gasteiger partial charge in [-0.3, -0.25) is 9.69 Å². The van der Waals surface area contributed by atoms with Crippen molar-refractivity contribution in [2.75, 3.05) is 32.8 Å². The first-order valence-corrected chi connectivity index (χ1v) is 10.8. The van der Waals surface area contributed by atoms with Crippen LogP contribution in [0.4, 0.5) is 0 Å². The minimum atomic E-state index is -0.188. The van der Waals surface area contributed by atoms with Gasteiger partial charge in [-0.1, -0.05) is 0 Å². The van der Waals surface area contributed by atoms with Crippen LogP contribution in [0, 0.1) is 0 Å². The van der Waals surface area contributed by atoms with Crippen LogP contribution in [0.15, 0.2) is 18.6 Å². The summed E-state index contributed by atoms with van der Waals surface area (Å²) < 4.78 is 6.37. The van der Waals surface area contributed by atoms with E-state index in [1.165, 1.54) is 10.4 Å². The lowest BCUT2D eigenvalue weighted by Gasteiger charge is -2.43. The van der Waals surface area contributed by atoms with Crippen LogP contribution in [0.1, 0.15) is 51.5 Å². The Morgan fingerprint density at radius 2 is 2.07 bits per heavy atom. The molecule has 3 aliphatic rings. The van der Waals surface area contributed by atoms with Gasteiger partial charge >= 0.3 is 0 Å². The molecule has 0 radical (unpaired) electrons. The number of amides is 1. The molecular formula is C20H26N4O2S. The first kappa shape index (κ1) is 17.4. The highest BCUT2D eigenvalue weighted by molar-refractivity contribution is 7.14. The summed E-state index contributed by atoms with van der Waals surface area (Å²) >= 11 is 1.69. The Hall–Kier alpha value is -1.70. The number of rotatable bonds is 3. The van der Waals surface area contributed by atoms with Crippen molar-refractivity contribution in [3.8, 4) is 0 Å². The van der Waals surface area contributed by atoms with Crippen LogP contribution >= 0.6 is 11.3 Å². The van der Waals surface area contributed by atoms with Gasteiger partial charge in [0.1, 0.15) is 5.60 Å². The van der Waals surface area contributed by atoms with Gasteiger partial charge in [0, 0.05) is 49.5 Å². The van der Waals surface area contributed by atoms with Crippen molar-refractivity contribution < 1.29 is 9.53 Å². The number of likely N-dealkylation sites (tertiary alicyclic amines) is 2. The molecule has 27 heavy (non-hydrogen) atoms. The lowest BCUT2D eigenvalue weighted by Crippen LogP contribution is -2.45. The molecule has 5 rings (SSSR count). The molecule has 3 aliphatic heterocycles. The molecule has 2 aromatic heterocycles. The third-order valence-electron chi connectivity index (χ3n) is 6.19. The third kappa shape index (κ3) is 3.22. The summed E-state index contributed by atoms with van der Waals surface area (Å²) in [7, 11) is 0. The standard InChI is InChI=1S/C20H26N4O2S/c25-19(24-6-1-2-7-24)17-11-15-3-10-26-20(18(15)27-17)4-8-23(9-5-20)13-16-12-21-14-22-16/h11-12,14H,1-10,13H2,(H,21,22). The number of aromatic amines is 1. The highest BCUT2D eigenvalue weighted by Crippen LogP contribution is 2.45. The molecule has 2 fully saturated rings. The Balaban J connectivity index is 1.33. The number of piperidine rings is 1. The summed E-state index contributed by atoms with van der Waals surface area (Å²) in [5, 5.41) is 0. The van der Waals surface area contributed by atoms with Gasteiger partial charge in [-0.25, -0.2) is 4.98 Å². The number of aromatic nitrogens is 2. The van der Waals surface area contributed by atoms with Gasteiger partial charge in [0.2, 0.25) is 0 Å². The largest absolute Gasteiger partial charge is 0.369 e. The lowest BCUT2D eigenvalue weighted by molar-refractivity contribution is -0.0961. The molecular weight excluding hydrogens is 360 g/mol. The van der Waals surface area contributed by atoms with Crippen molar-refractivity contribution in [1.82, 2.24) is 19.8 Å². The second-order valence-corrected chi connectivity index (χ2v) is 8.96. The first-order chi connectivity index (χ1) is 13.2. The smallest absolute Gasteiger partial charge is 0.263 e. The highest BCUT2D eigenvalue weighted by Gasteiger charge is 2.43. The molecule has 1 N–H and O–H groups in total. The molecule has 2 saturated heterocycles. The zero-order valence-corrected chi connectivity index (χ0v) is 16.4. The van der Waals surface area contributed by atoms with E-state index in [9.17, 15) is 4.79 Å². The van der Waals surface area contributed by atoms with Gasteiger partial charge in [-0.05, 0) is 43.7 Å². The molecule has 0 aromatic carbocycles. The quantitative estimate of drug-likeness (QED) is 0.881.